The summed E-state index contributed by atoms with van der Waals surface area (Å²) in [5.41, 5.74) is 5.35. The molecule has 0 spiro atoms. The van der Waals surface area contributed by atoms with Crippen molar-refractivity contribution in [3.63, 3.8) is 0 Å². The van der Waals surface area contributed by atoms with Crippen LogP contribution in [-0.4, -0.2) is 18.5 Å². The third kappa shape index (κ3) is 4.20. The van der Waals surface area contributed by atoms with Gasteiger partial charge >= 0.3 is 0 Å². The fourth-order valence-electron chi connectivity index (χ4n) is 2.35. The van der Waals surface area contributed by atoms with Crippen molar-refractivity contribution < 1.29 is 4.79 Å². The lowest BCUT2D eigenvalue weighted by molar-refractivity contribution is -0.121. The van der Waals surface area contributed by atoms with Gasteiger partial charge in [-0.15, -0.1) is 0 Å². The Bertz CT molecular complexity index is 198. The Morgan fingerprint density at radius 1 is 1.33 bits per heavy atom. The second-order valence-corrected chi connectivity index (χ2v) is 5.04. The van der Waals surface area contributed by atoms with E-state index in [4.69, 9.17) is 5.73 Å². The van der Waals surface area contributed by atoms with Gasteiger partial charge in [-0.2, -0.15) is 0 Å². The number of hydrogen-bond donors (Lipinski definition) is 2. The second kappa shape index (κ2) is 6.11. The molecule has 1 rings (SSSR count). The molecule has 0 unspecified atom stereocenters. The summed E-state index contributed by atoms with van der Waals surface area (Å²) in [4.78, 5) is 11.2. The highest BCUT2D eigenvalue weighted by molar-refractivity contribution is 5.80. The van der Waals surface area contributed by atoms with E-state index in [1.54, 1.807) is 0 Å². The van der Waals surface area contributed by atoms with Gasteiger partial charge in [0.2, 0.25) is 5.91 Å². The van der Waals surface area contributed by atoms with Gasteiger partial charge in [0, 0.05) is 0 Å². The van der Waals surface area contributed by atoms with Crippen LogP contribution in [0.4, 0.5) is 0 Å². The molecular weight excluding hydrogens is 188 g/mol. The fourth-order valence-corrected chi connectivity index (χ4v) is 2.35. The molecule has 0 aliphatic heterocycles. The van der Waals surface area contributed by atoms with E-state index in [0.29, 0.717) is 0 Å². The molecule has 1 amide bonds. The number of amides is 1. The second-order valence-electron chi connectivity index (χ2n) is 5.04. The van der Waals surface area contributed by atoms with Crippen molar-refractivity contribution in [1.82, 2.24) is 5.32 Å². The molecule has 88 valence electrons. The molecule has 1 atom stereocenters. The first-order valence-electron chi connectivity index (χ1n) is 6.14. The monoisotopic (exact) mass is 212 g/mol. The fraction of sp³-hybridized carbons (Fsp3) is 0.917. The average Bonchev–Trinajstić information content (AvgIpc) is 2.18. The zero-order valence-corrected chi connectivity index (χ0v) is 9.96. The van der Waals surface area contributed by atoms with Gasteiger partial charge in [-0.3, -0.25) is 4.79 Å². The summed E-state index contributed by atoms with van der Waals surface area (Å²) >= 11 is 0. The summed E-state index contributed by atoms with van der Waals surface area (Å²) in [6.07, 6.45) is 6.66. The first kappa shape index (κ1) is 12.5. The average molecular weight is 212 g/mol. The van der Waals surface area contributed by atoms with Crippen molar-refractivity contribution in [2.75, 3.05) is 6.54 Å². The molecule has 0 aromatic heterocycles. The molecule has 3 nitrogen and oxygen atoms in total. The number of hydrogen-bond acceptors (Lipinski definition) is 2. The van der Waals surface area contributed by atoms with Crippen molar-refractivity contribution in [3.8, 4) is 0 Å². The van der Waals surface area contributed by atoms with Gasteiger partial charge in [-0.05, 0) is 31.2 Å². The first-order chi connectivity index (χ1) is 7.11. The SMILES string of the molecule is CC(C)[C@@H](NCC1CCCCC1)C(N)=O. The molecule has 3 N–H and O–H groups in total. The number of carbonyl (C=O) groups is 1. The minimum absolute atomic E-state index is 0.160. The lowest BCUT2D eigenvalue weighted by Gasteiger charge is -2.25. The van der Waals surface area contributed by atoms with Crippen molar-refractivity contribution in [2.45, 2.75) is 52.0 Å². The Morgan fingerprint density at radius 2 is 1.93 bits per heavy atom. The lowest BCUT2D eigenvalue weighted by atomic mass is 9.89. The topological polar surface area (TPSA) is 55.1 Å². The van der Waals surface area contributed by atoms with Gasteiger partial charge in [-0.25, -0.2) is 0 Å². The minimum Gasteiger partial charge on any atom is -0.368 e. The summed E-state index contributed by atoms with van der Waals surface area (Å²) in [5.74, 6) is 0.811. The van der Waals surface area contributed by atoms with Crippen molar-refractivity contribution >= 4 is 5.91 Å². The Hall–Kier alpha value is -0.570. The predicted molar refractivity (Wildman–Crippen MR) is 62.4 cm³/mol. The highest BCUT2D eigenvalue weighted by Gasteiger charge is 2.21. The van der Waals surface area contributed by atoms with Crippen LogP contribution in [0.1, 0.15) is 46.0 Å². The molecule has 0 radical (unpaired) electrons. The van der Waals surface area contributed by atoms with Crippen LogP contribution in [-0.2, 0) is 4.79 Å². The predicted octanol–water partition coefficient (Wildman–Crippen LogP) is 1.67. The zero-order chi connectivity index (χ0) is 11.3. The highest BCUT2D eigenvalue weighted by atomic mass is 16.1. The van der Waals surface area contributed by atoms with E-state index >= 15 is 0 Å². The third-order valence-electron chi connectivity index (χ3n) is 3.32. The molecule has 1 aliphatic carbocycles. The number of primary amides is 1. The summed E-state index contributed by atoms with van der Waals surface area (Å²) in [5, 5.41) is 3.31. The molecule has 0 aromatic carbocycles. The normalized spacial score (nSPS) is 20.5. The quantitative estimate of drug-likeness (QED) is 0.728. The summed E-state index contributed by atoms with van der Waals surface area (Å²) in [6.45, 7) is 5.01. The highest BCUT2D eigenvalue weighted by Crippen LogP contribution is 2.23. The smallest absolute Gasteiger partial charge is 0.234 e. The van der Waals surface area contributed by atoms with Gasteiger partial charge < -0.3 is 11.1 Å². The summed E-state index contributed by atoms with van der Waals surface area (Å²) < 4.78 is 0. The van der Waals surface area contributed by atoms with Crippen LogP contribution in [0.3, 0.4) is 0 Å². The Labute approximate surface area is 92.8 Å². The van der Waals surface area contributed by atoms with Gasteiger partial charge in [-0.1, -0.05) is 33.1 Å². The standard InChI is InChI=1S/C12H24N2O/c1-9(2)11(12(13)15)14-8-10-6-4-3-5-7-10/h9-11,14H,3-8H2,1-2H3,(H2,13,15)/t11-/m1/s1. The molecule has 1 saturated carbocycles. The van der Waals surface area contributed by atoms with Gasteiger partial charge in [0.25, 0.3) is 0 Å². The van der Waals surface area contributed by atoms with E-state index in [1.807, 2.05) is 13.8 Å². The molecule has 0 heterocycles. The van der Waals surface area contributed by atoms with E-state index < -0.39 is 0 Å². The van der Waals surface area contributed by atoms with Crippen molar-refractivity contribution in [1.29, 1.82) is 0 Å². The maximum atomic E-state index is 11.2. The molecular formula is C12H24N2O. The molecule has 0 bridgehead atoms. The van der Waals surface area contributed by atoms with Gasteiger partial charge in [0.15, 0.2) is 0 Å². The molecule has 1 fully saturated rings. The van der Waals surface area contributed by atoms with E-state index in [1.165, 1.54) is 32.1 Å². The van der Waals surface area contributed by atoms with E-state index in [-0.39, 0.29) is 17.9 Å². The number of carbonyl (C=O) groups excluding carboxylic acids is 1. The zero-order valence-electron chi connectivity index (χ0n) is 9.96. The van der Waals surface area contributed by atoms with Crippen molar-refractivity contribution in [2.24, 2.45) is 17.6 Å². The summed E-state index contributed by atoms with van der Waals surface area (Å²) in [6, 6.07) is -0.160. The van der Waals surface area contributed by atoms with Crippen LogP contribution in [0.2, 0.25) is 0 Å². The molecule has 0 saturated heterocycles. The van der Waals surface area contributed by atoms with Crippen LogP contribution in [0.25, 0.3) is 0 Å². The molecule has 15 heavy (non-hydrogen) atoms. The van der Waals surface area contributed by atoms with Crippen LogP contribution in [0.5, 0.6) is 0 Å². The van der Waals surface area contributed by atoms with Gasteiger partial charge in [0.05, 0.1) is 6.04 Å². The van der Waals surface area contributed by atoms with Crippen molar-refractivity contribution in [3.05, 3.63) is 0 Å². The van der Waals surface area contributed by atoms with Crippen LogP contribution < -0.4 is 11.1 Å². The first-order valence-corrected chi connectivity index (χ1v) is 6.14. The Morgan fingerprint density at radius 3 is 2.40 bits per heavy atom. The number of nitrogens with one attached hydrogen (secondary N) is 1. The van der Waals surface area contributed by atoms with E-state index in [9.17, 15) is 4.79 Å². The molecule has 3 heteroatoms. The maximum absolute atomic E-state index is 11.2. The van der Waals surface area contributed by atoms with E-state index in [2.05, 4.69) is 5.32 Å². The minimum atomic E-state index is -0.221. The van der Waals surface area contributed by atoms with Crippen LogP contribution in [0, 0.1) is 11.8 Å². The third-order valence-corrected chi connectivity index (χ3v) is 3.32. The largest absolute Gasteiger partial charge is 0.368 e. The Balaban J connectivity index is 2.29. The van der Waals surface area contributed by atoms with Gasteiger partial charge in [0.1, 0.15) is 0 Å². The van der Waals surface area contributed by atoms with E-state index in [0.717, 1.165) is 12.5 Å². The van der Waals surface area contributed by atoms with Crippen LogP contribution >= 0.6 is 0 Å². The molecule has 1 aliphatic rings. The Kier molecular flexibility index (Phi) is 5.09. The number of nitrogens with two attached hydrogens (primary N) is 1. The van der Waals surface area contributed by atoms with Crippen LogP contribution in [0.15, 0.2) is 0 Å². The maximum Gasteiger partial charge on any atom is 0.234 e. The molecule has 0 aromatic rings. The summed E-state index contributed by atoms with van der Waals surface area (Å²) in [7, 11) is 0. The number of rotatable bonds is 5. The lowest BCUT2D eigenvalue weighted by Crippen LogP contribution is -2.46.